The summed E-state index contributed by atoms with van der Waals surface area (Å²) < 4.78 is 5.05. The van der Waals surface area contributed by atoms with Crippen molar-refractivity contribution in [2.45, 2.75) is 19.8 Å². The monoisotopic (exact) mass is 276 g/mol. The molecule has 0 aromatic heterocycles. The molecule has 2 amide bonds. The normalized spacial score (nSPS) is 20.1. The summed E-state index contributed by atoms with van der Waals surface area (Å²) in [6.45, 7) is 2.67. The van der Waals surface area contributed by atoms with Crippen molar-refractivity contribution in [3.05, 3.63) is 24.3 Å². The van der Waals surface area contributed by atoms with Crippen molar-refractivity contribution in [3.63, 3.8) is 0 Å². The summed E-state index contributed by atoms with van der Waals surface area (Å²) in [7, 11) is 1.59. The van der Waals surface area contributed by atoms with Gasteiger partial charge in [-0.2, -0.15) is 0 Å². The van der Waals surface area contributed by atoms with Gasteiger partial charge in [0.15, 0.2) is 0 Å². The van der Waals surface area contributed by atoms with Crippen LogP contribution in [0.2, 0.25) is 0 Å². The molecule has 0 saturated heterocycles. The van der Waals surface area contributed by atoms with Crippen molar-refractivity contribution >= 4 is 17.5 Å². The Hall–Kier alpha value is -2.04. The van der Waals surface area contributed by atoms with E-state index in [2.05, 4.69) is 10.6 Å². The number of rotatable bonds is 6. The molecule has 2 N–H and O–H groups in total. The number of nitrogens with one attached hydrogen (secondary N) is 2. The smallest absolute Gasteiger partial charge is 0.228 e. The Morgan fingerprint density at radius 3 is 2.45 bits per heavy atom. The zero-order valence-corrected chi connectivity index (χ0v) is 11.8. The Morgan fingerprint density at radius 1 is 1.20 bits per heavy atom. The topological polar surface area (TPSA) is 67.4 Å². The lowest BCUT2D eigenvalue weighted by Crippen LogP contribution is -2.27. The number of anilines is 1. The van der Waals surface area contributed by atoms with Crippen molar-refractivity contribution in [2.24, 2.45) is 11.8 Å². The van der Waals surface area contributed by atoms with Crippen LogP contribution in [0.1, 0.15) is 19.8 Å². The molecule has 5 heteroatoms. The SMILES string of the molecule is CCCNC(=O)C1CC1C(=O)Nc1ccc(OC)cc1. The van der Waals surface area contributed by atoms with E-state index in [0.29, 0.717) is 13.0 Å². The van der Waals surface area contributed by atoms with Gasteiger partial charge >= 0.3 is 0 Å². The Kier molecular flexibility index (Phi) is 4.61. The van der Waals surface area contributed by atoms with Gasteiger partial charge in [-0.25, -0.2) is 0 Å². The minimum Gasteiger partial charge on any atom is -0.497 e. The Balaban J connectivity index is 1.82. The molecule has 0 spiro atoms. The zero-order chi connectivity index (χ0) is 14.5. The molecule has 2 atom stereocenters. The number of benzene rings is 1. The number of carbonyl (C=O) groups excluding carboxylic acids is 2. The summed E-state index contributed by atoms with van der Waals surface area (Å²) in [4.78, 5) is 23.7. The summed E-state index contributed by atoms with van der Waals surface area (Å²) in [6.07, 6.45) is 1.54. The number of ether oxygens (including phenoxy) is 1. The maximum atomic E-state index is 12.0. The van der Waals surface area contributed by atoms with E-state index >= 15 is 0 Å². The van der Waals surface area contributed by atoms with E-state index < -0.39 is 0 Å². The van der Waals surface area contributed by atoms with Gasteiger partial charge in [0.1, 0.15) is 5.75 Å². The maximum absolute atomic E-state index is 12.0. The van der Waals surface area contributed by atoms with Crippen LogP contribution in [0.15, 0.2) is 24.3 Å². The molecule has 2 unspecified atom stereocenters. The molecule has 2 rings (SSSR count). The number of carbonyl (C=O) groups is 2. The van der Waals surface area contributed by atoms with Crippen molar-refractivity contribution in [3.8, 4) is 5.75 Å². The summed E-state index contributed by atoms with van der Waals surface area (Å²) in [6, 6.07) is 7.14. The predicted molar refractivity (Wildman–Crippen MR) is 76.5 cm³/mol. The lowest BCUT2D eigenvalue weighted by Gasteiger charge is -2.06. The first-order chi connectivity index (χ1) is 9.65. The lowest BCUT2D eigenvalue weighted by molar-refractivity contribution is -0.125. The van der Waals surface area contributed by atoms with Gasteiger partial charge in [0.05, 0.1) is 18.9 Å². The quantitative estimate of drug-likeness (QED) is 0.832. The minimum absolute atomic E-state index is 0.0123. The van der Waals surface area contributed by atoms with Crippen molar-refractivity contribution in [2.75, 3.05) is 19.0 Å². The van der Waals surface area contributed by atoms with Crippen LogP contribution in [0, 0.1) is 11.8 Å². The summed E-state index contributed by atoms with van der Waals surface area (Å²) in [5.41, 5.74) is 0.718. The van der Waals surface area contributed by atoms with Crippen LogP contribution < -0.4 is 15.4 Å². The maximum Gasteiger partial charge on any atom is 0.228 e. The van der Waals surface area contributed by atoms with Gasteiger partial charge in [0.2, 0.25) is 11.8 Å². The molecule has 0 bridgehead atoms. The van der Waals surface area contributed by atoms with E-state index in [1.807, 2.05) is 6.92 Å². The van der Waals surface area contributed by atoms with Crippen molar-refractivity contribution in [1.29, 1.82) is 0 Å². The van der Waals surface area contributed by atoms with Crippen LogP contribution in [-0.2, 0) is 9.59 Å². The van der Waals surface area contributed by atoms with Gasteiger partial charge in [-0.15, -0.1) is 0 Å². The van der Waals surface area contributed by atoms with Gasteiger partial charge in [0.25, 0.3) is 0 Å². The highest BCUT2D eigenvalue weighted by atomic mass is 16.5. The third kappa shape index (κ3) is 3.50. The summed E-state index contributed by atoms with van der Waals surface area (Å²) in [5.74, 6) is 0.272. The van der Waals surface area contributed by atoms with E-state index in [9.17, 15) is 9.59 Å². The molecule has 1 aliphatic rings. The van der Waals surface area contributed by atoms with Gasteiger partial charge in [-0.3, -0.25) is 9.59 Å². The second-order valence-corrected chi connectivity index (χ2v) is 4.96. The molecule has 1 aromatic carbocycles. The third-order valence-corrected chi connectivity index (χ3v) is 3.37. The fourth-order valence-corrected chi connectivity index (χ4v) is 2.06. The second kappa shape index (κ2) is 6.41. The number of methoxy groups -OCH3 is 1. The predicted octanol–water partition coefficient (Wildman–Crippen LogP) is 1.80. The number of hydrogen-bond acceptors (Lipinski definition) is 3. The third-order valence-electron chi connectivity index (χ3n) is 3.37. The molecule has 0 heterocycles. The van der Waals surface area contributed by atoms with E-state index in [1.165, 1.54) is 0 Å². The van der Waals surface area contributed by atoms with Gasteiger partial charge < -0.3 is 15.4 Å². The minimum atomic E-state index is -0.200. The highest BCUT2D eigenvalue weighted by Crippen LogP contribution is 2.39. The van der Waals surface area contributed by atoms with Crippen LogP contribution in [0.5, 0.6) is 5.75 Å². The van der Waals surface area contributed by atoms with Crippen LogP contribution in [-0.4, -0.2) is 25.5 Å². The Morgan fingerprint density at radius 2 is 1.85 bits per heavy atom. The van der Waals surface area contributed by atoms with Gasteiger partial charge in [-0.1, -0.05) is 6.92 Å². The standard InChI is InChI=1S/C15H20N2O3/c1-3-8-16-14(18)12-9-13(12)15(19)17-10-4-6-11(20-2)7-5-10/h4-7,12-13H,3,8-9H2,1-2H3,(H,16,18)(H,17,19). The molecular formula is C15H20N2O3. The number of amides is 2. The van der Waals surface area contributed by atoms with Crippen LogP contribution >= 0.6 is 0 Å². The van der Waals surface area contributed by atoms with Crippen LogP contribution in [0.25, 0.3) is 0 Å². The molecule has 0 aliphatic heterocycles. The highest BCUT2D eigenvalue weighted by Gasteiger charge is 2.47. The molecule has 20 heavy (non-hydrogen) atoms. The van der Waals surface area contributed by atoms with Crippen molar-refractivity contribution in [1.82, 2.24) is 5.32 Å². The first kappa shape index (κ1) is 14.4. The molecule has 5 nitrogen and oxygen atoms in total. The molecule has 1 aliphatic carbocycles. The highest BCUT2D eigenvalue weighted by molar-refractivity contribution is 5.99. The largest absolute Gasteiger partial charge is 0.497 e. The average molecular weight is 276 g/mol. The fraction of sp³-hybridized carbons (Fsp3) is 0.467. The Bertz CT molecular complexity index is 484. The van der Waals surface area contributed by atoms with E-state index in [1.54, 1.807) is 31.4 Å². The Labute approximate surface area is 118 Å². The molecule has 1 fully saturated rings. The average Bonchev–Trinajstić information content (AvgIpc) is 3.26. The molecule has 0 radical (unpaired) electrons. The fourth-order valence-electron chi connectivity index (χ4n) is 2.06. The van der Waals surface area contributed by atoms with E-state index in [4.69, 9.17) is 4.74 Å². The van der Waals surface area contributed by atoms with Crippen LogP contribution in [0.4, 0.5) is 5.69 Å². The molecule has 1 aromatic rings. The number of hydrogen-bond donors (Lipinski definition) is 2. The first-order valence-electron chi connectivity index (χ1n) is 6.88. The van der Waals surface area contributed by atoms with Gasteiger partial charge in [-0.05, 0) is 37.1 Å². The van der Waals surface area contributed by atoms with Crippen molar-refractivity contribution < 1.29 is 14.3 Å². The molecular weight excluding hydrogens is 256 g/mol. The van der Waals surface area contributed by atoms with E-state index in [0.717, 1.165) is 17.9 Å². The summed E-state index contributed by atoms with van der Waals surface area (Å²) in [5, 5.41) is 5.64. The summed E-state index contributed by atoms with van der Waals surface area (Å²) >= 11 is 0. The van der Waals surface area contributed by atoms with Gasteiger partial charge in [0, 0.05) is 12.2 Å². The first-order valence-corrected chi connectivity index (χ1v) is 6.88. The lowest BCUT2D eigenvalue weighted by atomic mass is 10.2. The molecule has 1 saturated carbocycles. The zero-order valence-electron chi connectivity index (χ0n) is 11.8. The van der Waals surface area contributed by atoms with Crippen LogP contribution in [0.3, 0.4) is 0 Å². The van der Waals surface area contributed by atoms with E-state index in [-0.39, 0.29) is 23.7 Å². The second-order valence-electron chi connectivity index (χ2n) is 4.96. The molecule has 108 valence electrons.